The third-order valence-corrected chi connectivity index (χ3v) is 8.24. The van der Waals surface area contributed by atoms with Gasteiger partial charge in [0.05, 0.1) is 11.5 Å². The van der Waals surface area contributed by atoms with Gasteiger partial charge in [0.25, 0.3) is 5.97 Å². The maximum Gasteiger partial charge on any atom is 0.311 e. The van der Waals surface area contributed by atoms with Crippen LogP contribution in [0.5, 0.6) is 11.5 Å². The smallest absolute Gasteiger partial charge is 0.311 e. The Morgan fingerprint density at radius 1 is 0.913 bits per heavy atom. The van der Waals surface area contributed by atoms with Crippen LogP contribution in [0.4, 0.5) is 5.69 Å². The first-order valence-electron chi connectivity index (χ1n) is 15.7. The molecule has 0 saturated carbocycles. The molecule has 2 heterocycles. The highest BCUT2D eigenvalue weighted by Gasteiger charge is 2.26. The molecule has 0 aliphatic carbocycles. The fraction of sp³-hybridized carbons (Fsp3) is 0.444. The SMILES string of the molecule is C.CC(=O)O.CCOc1cc(OC2CCN(C(=O)CCN3CCC(c4ccc(-c5ccccc5)cc4)CC3)CC2)ccc1[N+](=O)[O-]. The van der Waals surface area contributed by atoms with E-state index in [0.29, 0.717) is 37.8 Å². The lowest BCUT2D eigenvalue weighted by Gasteiger charge is -2.34. The number of aliphatic carboxylic acids is 1. The quantitative estimate of drug-likeness (QED) is 0.187. The Balaban J connectivity index is 0.00000109. The Morgan fingerprint density at radius 2 is 1.52 bits per heavy atom. The molecule has 0 atom stereocenters. The predicted octanol–water partition coefficient (Wildman–Crippen LogP) is 7.03. The number of carbonyl (C=O) groups is 2. The maximum absolute atomic E-state index is 12.9. The van der Waals surface area contributed by atoms with Gasteiger partial charge in [0.15, 0.2) is 0 Å². The minimum Gasteiger partial charge on any atom is -0.490 e. The summed E-state index contributed by atoms with van der Waals surface area (Å²) in [6.45, 7) is 7.38. The summed E-state index contributed by atoms with van der Waals surface area (Å²) in [5.74, 6) is 0.717. The van der Waals surface area contributed by atoms with E-state index in [1.54, 1.807) is 19.1 Å². The highest BCUT2D eigenvalue weighted by molar-refractivity contribution is 5.76. The molecule has 2 saturated heterocycles. The zero-order valence-corrected chi connectivity index (χ0v) is 26.1. The number of ether oxygens (including phenoxy) is 2. The van der Waals surface area contributed by atoms with Crippen LogP contribution in [-0.4, -0.2) is 77.1 Å². The fourth-order valence-corrected chi connectivity index (χ4v) is 5.89. The number of nitro benzene ring substituents is 1. The number of carboxylic acid groups (broad SMARTS) is 1. The number of nitro groups is 1. The van der Waals surface area contributed by atoms with E-state index in [-0.39, 0.29) is 30.9 Å². The summed E-state index contributed by atoms with van der Waals surface area (Å²) in [7, 11) is 0. The van der Waals surface area contributed by atoms with E-state index in [1.807, 2.05) is 11.0 Å². The number of rotatable bonds is 10. The number of likely N-dealkylation sites (tertiary alicyclic amines) is 2. The van der Waals surface area contributed by atoms with Crippen molar-refractivity contribution in [3.05, 3.63) is 88.5 Å². The summed E-state index contributed by atoms with van der Waals surface area (Å²) in [5, 5.41) is 18.6. The van der Waals surface area contributed by atoms with E-state index in [2.05, 4.69) is 53.4 Å². The summed E-state index contributed by atoms with van der Waals surface area (Å²) in [5.41, 5.74) is 3.84. The monoisotopic (exact) mass is 633 g/mol. The van der Waals surface area contributed by atoms with Gasteiger partial charge in [-0.3, -0.25) is 19.7 Å². The largest absolute Gasteiger partial charge is 0.490 e. The van der Waals surface area contributed by atoms with Crippen molar-refractivity contribution < 1.29 is 29.1 Å². The van der Waals surface area contributed by atoms with Gasteiger partial charge in [-0.25, -0.2) is 0 Å². The minimum atomic E-state index is -0.833. The average Bonchev–Trinajstić information content (AvgIpc) is 3.05. The second-order valence-corrected chi connectivity index (χ2v) is 11.4. The molecular formula is C36H47N3O7. The highest BCUT2D eigenvalue weighted by Crippen LogP contribution is 2.33. The molecule has 5 rings (SSSR count). The zero-order chi connectivity index (χ0) is 32.2. The molecule has 3 aromatic carbocycles. The third-order valence-electron chi connectivity index (χ3n) is 8.24. The Hall–Kier alpha value is -4.44. The fourth-order valence-electron chi connectivity index (χ4n) is 5.89. The molecular weight excluding hydrogens is 586 g/mol. The summed E-state index contributed by atoms with van der Waals surface area (Å²) in [6, 6.07) is 24.1. The summed E-state index contributed by atoms with van der Waals surface area (Å²) >= 11 is 0. The lowest BCUT2D eigenvalue weighted by atomic mass is 9.88. The molecule has 1 amide bonds. The van der Waals surface area contributed by atoms with E-state index in [9.17, 15) is 14.9 Å². The number of nitrogens with zero attached hydrogens (tertiary/aromatic N) is 3. The van der Waals surface area contributed by atoms with E-state index in [0.717, 1.165) is 52.2 Å². The van der Waals surface area contributed by atoms with Crippen LogP contribution in [0, 0.1) is 10.1 Å². The van der Waals surface area contributed by atoms with Crippen LogP contribution >= 0.6 is 0 Å². The summed E-state index contributed by atoms with van der Waals surface area (Å²) in [6.07, 6.45) is 4.23. The van der Waals surface area contributed by atoms with Gasteiger partial charge in [0.1, 0.15) is 11.9 Å². The van der Waals surface area contributed by atoms with Crippen LogP contribution in [0.15, 0.2) is 72.8 Å². The lowest BCUT2D eigenvalue weighted by molar-refractivity contribution is -0.385. The van der Waals surface area contributed by atoms with Crippen molar-refractivity contribution in [3.63, 3.8) is 0 Å². The van der Waals surface area contributed by atoms with E-state index >= 15 is 0 Å². The first kappa shape index (κ1) is 36.0. The second kappa shape index (κ2) is 17.9. The molecule has 46 heavy (non-hydrogen) atoms. The molecule has 2 aliphatic heterocycles. The van der Waals surface area contributed by atoms with Crippen molar-refractivity contribution in [3.8, 4) is 22.6 Å². The van der Waals surface area contributed by atoms with Crippen LogP contribution in [0.1, 0.15) is 64.9 Å². The van der Waals surface area contributed by atoms with Crippen molar-refractivity contribution in [1.29, 1.82) is 0 Å². The minimum absolute atomic E-state index is 0. The van der Waals surface area contributed by atoms with Gasteiger partial charge >= 0.3 is 5.69 Å². The number of carboxylic acids is 1. The Morgan fingerprint density at radius 3 is 2.11 bits per heavy atom. The summed E-state index contributed by atoms with van der Waals surface area (Å²) in [4.78, 5) is 37.1. The van der Waals surface area contributed by atoms with Gasteiger partial charge < -0.3 is 24.4 Å². The molecule has 2 fully saturated rings. The Kier molecular flexibility index (Phi) is 14.0. The van der Waals surface area contributed by atoms with Crippen molar-refractivity contribution in [2.75, 3.05) is 39.3 Å². The molecule has 2 aliphatic rings. The lowest BCUT2D eigenvalue weighted by Crippen LogP contribution is -2.43. The maximum atomic E-state index is 12.9. The zero-order valence-electron chi connectivity index (χ0n) is 26.1. The van der Waals surface area contributed by atoms with Crippen LogP contribution in [0.25, 0.3) is 11.1 Å². The van der Waals surface area contributed by atoms with E-state index in [1.165, 1.54) is 22.8 Å². The average molecular weight is 634 g/mol. The topological polar surface area (TPSA) is 122 Å². The van der Waals surface area contributed by atoms with E-state index in [4.69, 9.17) is 19.4 Å². The number of benzene rings is 3. The number of carbonyl (C=O) groups excluding carboxylic acids is 1. The normalized spacial score (nSPS) is 15.6. The predicted molar refractivity (Wildman–Crippen MR) is 179 cm³/mol. The van der Waals surface area contributed by atoms with Crippen molar-refractivity contribution >= 4 is 17.6 Å². The molecule has 1 N–H and O–H groups in total. The standard InChI is InChI=1S/C33H39N3O5.C2H4O2.CH4/c1-2-40-32-24-30(12-13-31(32)36(38)39)41-29-16-22-35(23-17-29)33(37)18-21-34-19-14-28(15-20-34)27-10-8-26(9-11-27)25-6-4-3-5-7-25;1-2(3)4;/h3-13,24,28-29H,2,14-23H2,1H3;1H3,(H,3,4);1H4. The van der Waals surface area contributed by atoms with Gasteiger partial charge in [0.2, 0.25) is 11.7 Å². The van der Waals surface area contributed by atoms with Gasteiger partial charge in [-0.05, 0) is 61.5 Å². The van der Waals surface area contributed by atoms with Crippen LogP contribution < -0.4 is 9.47 Å². The Bertz CT molecular complexity index is 1390. The number of hydrogen-bond acceptors (Lipinski definition) is 7. The third kappa shape index (κ3) is 10.6. The van der Waals surface area contributed by atoms with Gasteiger partial charge in [-0.15, -0.1) is 0 Å². The van der Waals surface area contributed by atoms with Crippen molar-refractivity contribution in [2.45, 2.75) is 65.4 Å². The van der Waals surface area contributed by atoms with Gasteiger partial charge in [-0.2, -0.15) is 0 Å². The van der Waals surface area contributed by atoms with Crippen LogP contribution in [0.2, 0.25) is 0 Å². The number of piperidine rings is 2. The van der Waals surface area contributed by atoms with Gasteiger partial charge in [0, 0.05) is 58.0 Å². The van der Waals surface area contributed by atoms with Gasteiger partial charge in [-0.1, -0.05) is 62.0 Å². The second-order valence-electron chi connectivity index (χ2n) is 11.4. The molecule has 0 unspecified atom stereocenters. The Labute approximate surface area is 272 Å². The number of amides is 1. The molecule has 0 aromatic heterocycles. The molecule has 0 radical (unpaired) electrons. The highest BCUT2D eigenvalue weighted by atomic mass is 16.6. The molecule has 0 spiro atoms. The van der Waals surface area contributed by atoms with Crippen molar-refractivity contribution in [1.82, 2.24) is 9.80 Å². The first-order chi connectivity index (χ1) is 21.7. The van der Waals surface area contributed by atoms with E-state index < -0.39 is 10.9 Å². The van der Waals surface area contributed by atoms with Crippen molar-refractivity contribution in [2.24, 2.45) is 0 Å². The molecule has 10 nitrogen and oxygen atoms in total. The van der Waals surface area contributed by atoms with Crippen LogP contribution in [-0.2, 0) is 9.59 Å². The molecule has 10 heteroatoms. The van der Waals surface area contributed by atoms with Crippen LogP contribution in [0.3, 0.4) is 0 Å². The molecule has 0 bridgehead atoms. The first-order valence-corrected chi connectivity index (χ1v) is 15.7. The summed E-state index contributed by atoms with van der Waals surface area (Å²) < 4.78 is 11.5. The molecule has 3 aromatic rings. The number of hydrogen-bond donors (Lipinski definition) is 1. The molecule has 248 valence electrons.